The topological polar surface area (TPSA) is 36.1 Å². The number of fused-ring (bicyclic) bond motifs is 3. The highest BCUT2D eigenvalue weighted by atomic mass is 32.2. The monoisotopic (exact) mass is 523 g/mol. The van der Waals surface area contributed by atoms with Crippen LogP contribution in [0.1, 0.15) is 64.4 Å². The molecule has 3 N–H and O–H groups in total. The summed E-state index contributed by atoms with van der Waals surface area (Å²) in [6.45, 7) is 4.97. The molecule has 0 aromatic heterocycles. The predicted octanol–water partition coefficient (Wildman–Crippen LogP) is 7.03. The number of allylic oxidation sites excluding steroid dienone is 9. The molecule has 1 aromatic carbocycles. The molecule has 2 aliphatic heterocycles. The van der Waals surface area contributed by atoms with E-state index in [2.05, 4.69) is 114 Å². The Hall–Kier alpha value is -2.11. The fourth-order valence-electron chi connectivity index (χ4n) is 7.75. The van der Waals surface area contributed by atoms with Crippen molar-refractivity contribution < 1.29 is 0 Å². The minimum atomic E-state index is 0.100. The molecule has 0 bridgehead atoms. The Bertz CT molecular complexity index is 1280. The molecule has 4 aliphatic carbocycles. The predicted molar refractivity (Wildman–Crippen MR) is 160 cm³/mol. The van der Waals surface area contributed by atoms with E-state index in [4.69, 9.17) is 0 Å². The molecule has 1 fully saturated rings. The Morgan fingerprint density at radius 1 is 0.868 bits per heavy atom. The number of hydrogen-bond donors (Lipinski definition) is 3. The van der Waals surface area contributed by atoms with E-state index in [1.54, 1.807) is 11.1 Å². The summed E-state index contributed by atoms with van der Waals surface area (Å²) in [7, 11) is 0. The molecule has 0 saturated carbocycles. The van der Waals surface area contributed by atoms with E-state index < -0.39 is 0 Å². The molecular weight excluding hydrogens is 482 g/mol. The summed E-state index contributed by atoms with van der Waals surface area (Å²) in [5.41, 5.74) is 7.66. The Morgan fingerprint density at radius 2 is 1.71 bits per heavy atom. The van der Waals surface area contributed by atoms with Gasteiger partial charge >= 0.3 is 0 Å². The van der Waals surface area contributed by atoms with Crippen LogP contribution in [0.2, 0.25) is 0 Å². The van der Waals surface area contributed by atoms with Gasteiger partial charge in [0.15, 0.2) is 0 Å². The molecule has 1 saturated heterocycles. The average Bonchev–Trinajstić information content (AvgIpc) is 2.97. The van der Waals surface area contributed by atoms with Crippen molar-refractivity contribution in [2.24, 2.45) is 11.8 Å². The van der Waals surface area contributed by atoms with Crippen LogP contribution in [0, 0.1) is 11.8 Å². The highest BCUT2D eigenvalue weighted by molar-refractivity contribution is 8.00. The van der Waals surface area contributed by atoms with Crippen LogP contribution in [0.4, 0.5) is 0 Å². The van der Waals surface area contributed by atoms with Gasteiger partial charge in [-0.3, -0.25) is 16.0 Å². The Kier molecular flexibility index (Phi) is 6.64. The van der Waals surface area contributed by atoms with Gasteiger partial charge < -0.3 is 0 Å². The smallest absolute Gasteiger partial charge is 0.0826 e. The fraction of sp³-hybridized carbons (Fsp3) is 0.471. The van der Waals surface area contributed by atoms with Crippen LogP contribution >= 0.6 is 11.8 Å². The Morgan fingerprint density at radius 3 is 2.58 bits per heavy atom. The van der Waals surface area contributed by atoms with Gasteiger partial charge in [0.2, 0.25) is 0 Å². The van der Waals surface area contributed by atoms with E-state index >= 15 is 0 Å². The van der Waals surface area contributed by atoms with Crippen LogP contribution in [-0.4, -0.2) is 23.7 Å². The normalized spacial score (nSPS) is 35.6. The van der Waals surface area contributed by atoms with Crippen LogP contribution in [0.25, 0.3) is 0 Å². The molecular formula is C34H41N3S. The Labute approximate surface area is 232 Å². The summed E-state index contributed by atoms with van der Waals surface area (Å²) in [5, 5.41) is 12.8. The molecule has 6 unspecified atom stereocenters. The molecule has 7 rings (SSSR count). The number of hydrogen-bond acceptors (Lipinski definition) is 4. The second-order valence-electron chi connectivity index (χ2n) is 12.4. The quantitative estimate of drug-likeness (QED) is 0.372. The standard InChI is InChI=1S/C34H41N3S/c1-34(2)27-16-8-9-17-28(27)38-29-18-10-15-26(30(29)34)33-36-31(23-12-4-3-5-13-23)35-32(37-33)25-20-19-22-11-6-7-14-24(22)21-25/h6-9,11-12,14-17,19-20,24,29-33,35-37H,3-5,10,13,18,21H2,1-2H3. The van der Waals surface area contributed by atoms with E-state index in [9.17, 15) is 0 Å². The lowest BCUT2D eigenvalue weighted by molar-refractivity contribution is 0.218. The molecule has 1 aromatic rings. The molecule has 38 heavy (non-hydrogen) atoms. The maximum absolute atomic E-state index is 4.09. The first-order valence-corrected chi connectivity index (χ1v) is 15.6. The van der Waals surface area contributed by atoms with Gasteiger partial charge in [-0.25, -0.2) is 0 Å². The lowest BCUT2D eigenvalue weighted by Gasteiger charge is -2.52. The van der Waals surface area contributed by atoms with E-state index in [1.165, 1.54) is 60.1 Å². The van der Waals surface area contributed by atoms with Crippen molar-refractivity contribution in [2.45, 2.75) is 92.9 Å². The molecule has 0 radical (unpaired) electrons. The number of rotatable bonds is 3. The summed E-state index contributed by atoms with van der Waals surface area (Å²) < 4.78 is 0. The average molecular weight is 524 g/mol. The lowest BCUT2D eigenvalue weighted by atomic mass is 9.65. The van der Waals surface area contributed by atoms with Crippen molar-refractivity contribution >= 4 is 11.8 Å². The molecule has 0 amide bonds. The van der Waals surface area contributed by atoms with Crippen molar-refractivity contribution in [1.82, 2.24) is 16.0 Å². The SMILES string of the molecule is CC1(C)c2ccccc2SC2CCC=C(C3NC(C4=CCCCC4)NC(C4=CC=C5C=CC=CC5C4)N3)C21. The van der Waals surface area contributed by atoms with E-state index in [-0.39, 0.29) is 23.9 Å². The van der Waals surface area contributed by atoms with E-state index in [0.29, 0.717) is 17.1 Å². The van der Waals surface area contributed by atoms with Crippen molar-refractivity contribution in [3.8, 4) is 0 Å². The molecule has 3 nitrogen and oxygen atoms in total. The summed E-state index contributed by atoms with van der Waals surface area (Å²) in [4.78, 5) is 1.49. The maximum atomic E-state index is 4.09. The number of thioether (sulfide) groups is 1. The first-order chi connectivity index (χ1) is 18.6. The third-order valence-electron chi connectivity index (χ3n) is 9.72. The summed E-state index contributed by atoms with van der Waals surface area (Å²) in [6.07, 6.45) is 27.9. The summed E-state index contributed by atoms with van der Waals surface area (Å²) in [5.74, 6) is 1.01. The maximum Gasteiger partial charge on any atom is 0.0826 e. The van der Waals surface area contributed by atoms with Gasteiger partial charge in [-0.1, -0.05) is 80.7 Å². The van der Waals surface area contributed by atoms with Gasteiger partial charge in [-0.15, -0.1) is 11.8 Å². The van der Waals surface area contributed by atoms with Crippen LogP contribution < -0.4 is 16.0 Å². The molecule has 4 heteroatoms. The third kappa shape index (κ3) is 4.44. The van der Waals surface area contributed by atoms with Gasteiger partial charge in [0, 0.05) is 22.0 Å². The van der Waals surface area contributed by atoms with Crippen molar-refractivity contribution in [1.29, 1.82) is 0 Å². The first-order valence-electron chi connectivity index (χ1n) is 14.8. The second-order valence-corrected chi connectivity index (χ2v) is 13.7. The summed E-state index contributed by atoms with van der Waals surface area (Å²) in [6, 6.07) is 9.14. The zero-order valence-electron chi connectivity index (χ0n) is 22.8. The van der Waals surface area contributed by atoms with Crippen LogP contribution in [-0.2, 0) is 5.41 Å². The van der Waals surface area contributed by atoms with Crippen molar-refractivity contribution in [3.05, 3.63) is 101 Å². The van der Waals surface area contributed by atoms with Crippen molar-refractivity contribution in [2.75, 3.05) is 0 Å². The van der Waals surface area contributed by atoms with Gasteiger partial charge in [-0.2, -0.15) is 0 Å². The van der Waals surface area contributed by atoms with Crippen LogP contribution in [0.5, 0.6) is 0 Å². The molecule has 198 valence electrons. The zero-order chi connectivity index (χ0) is 25.7. The zero-order valence-corrected chi connectivity index (χ0v) is 23.6. The largest absolute Gasteiger partial charge is 0.279 e. The molecule has 0 spiro atoms. The van der Waals surface area contributed by atoms with Crippen molar-refractivity contribution in [3.63, 3.8) is 0 Å². The van der Waals surface area contributed by atoms with Crippen LogP contribution in [0.3, 0.4) is 0 Å². The number of nitrogens with one attached hydrogen (secondary N) is 3. The second kappa shape index (κ2) is 10.1. The third-order valence-corrected chi connectivity index (χ3v) is 11.1. The highest BCUT2D eigenvalue weighted by Gasteiger charge is 2.48. The van der Waals surface area contributed by atoms with E-state index in [0.717, 1.165) is 6.42 Å². The van der Waals surface area contributed by atoms with Gasteiger partial charge in [0.25, 0.3) is 0 Å². The molecule has 6 aliphatic rings. The molecule has 2 heterocycles. The highest BCUT2D eigenvalue weighted by Crippen LogP contribution is 2.55. The Balaban J connectivity index is 1.23. The number of benzene rings is 1. The van der Waals surface area contributed by atoms with Gasteiger partial charge in [-0.05, 0) is 84.3 Å². The lowest BCUT2D eigenvalue weighted by Crippen LogP contribution is -2.70. The van der Waals surface area contributed by atoms with Gasteiger partial charge in [0.1, 0.15) is 0 Å². The van der Waals surface area contributed by atoms with Gasteiger partial charge in [0.05, 0.1) is 18.5 Å². The minimum absolute atomic E-state index is 0.100. The van der Waals surface area contributed by atoms with E-state index in [1.807, 2.05) is 0 Å². The summed E-state index contributed by atoms with van der Waals surface area (Å²) >= 11 is 2.12. The fourth-order valence-corrected chi connectivity index (χ4v) is 9.58. The minimum Gasteiger partial charge on any atom is -0.279 e. The first kappa shape index (κ1) is 24.9. The van der Waals surface area contributed by atoms with Crippen LogP contribution in [0.15, 0.2) is 100 Å². The molecule has 6 atom stereocenters.